The SMILES string of the molecule is Oc1cc2ccccc2cc1-n1c(Cl)nc2ccccc21. The molecule has 102 valence electrons. The lowest BCUT2D eigenvalue weighted by Crippen LogP contribution is -1.95. The average Bonchev–Trinajstić information content (AvgIpc) is 2.82. The fraction of sp³-hybridized carbons (Fsp3) is 0. The summed E-state index contributed by atoms with van der Waals surface area (Å²) >= 11 is 6.27. The summed E-state index contributed by atoms with van der Waals surface area (Å²) in [6.07, 6.45) is 0. The van der Waals surface area contributed by atoms with Gasteiger partial charge in [0.15, 0.2) is 0 Å². The molecule has 4 heteroatoms. The van der Waals surface area contributed by atoms with Crippen molar-refractivity contribution in [2.24, 2.45) is 0 Å². The molecule has 0 aliphatic carbocycles. The third-order valence-corrected chi connectivity index (χ3v) is 3.86. The maximum Gasteiger partial charge on any atom is 0.208 e. The highest BCUT2D eigenvalue weighted by Gasteiger charge is 2.14. The first-order valence-corrected chi connectivity index (χ1v) is 6.97. The lowest BCUT2D eigenvalue weighted by atomic mass is 10.1. The summed E-state index contributed by atoms with van der Waals surface area (Å²) in [7, 11) is 0. The van der Waals surface area contributed by atoms with Crippen molar-refractivity contribution in [1.82, 2.24) is 9.55 Å². The summed E-state index contributed by atoms with van der Waals surface area (Å²) in [5.74, 6) is 0.179. The Morgan fingerprint density at radius 2 is 1.57 bits per heavy atom. The van der Waals surface area contributed by atoms with Gasteiger partial charge in [0.25, 0.3) is 0 Å². The van der Waals surface area contributed by atoms with Crippen LogP contribution in [0.25, 0.3) is 27.5 Å². The van der Waals surface area contributed by atoms with Gasteiger partial charge in [0, 0.05) is 0 Å². The summed E-state index contributed by atoms with van der Waals surface area (Å²) < 4.78 is 1.76. The molecular formula is C17H11ClN2O. The van der Waals surface area contributed by atoms with Crippen LogP contribution < -0.4 is 0 Å². The minimum Gasteiger partial charge on any atom is -0.506 e. The highest BCUT2D eigenvalue weighted by molar-refractivity contribution is 6.29. The van der Waals surface area contributed by atoms with Crippen LogP contribution in [0.1, 0.15) is 0 Å². The van der Waals surface area contributed by atoms with Gasteiger partial charge in [-0.3, -0.25) is 4.57 Å². The van der Waals surface area contributed by atoms with Crippen molar-refractivity contribution in [3.63, 3.8) is 0 Å². The van der Waals surface area contributed by atoms with Crippen molar-refractivity contribution in [2.45, 2.75) is 0 Å². The smallest absolute Gasteiger partial charge is 0.208 e. The molecule has 1 aromatic heterocycles. The van der Waals surface area contributed by atoms with E-state index < -0.39 is 0 Å². The first-order valence-electron chi connectivity index (χ1n) is 6.59. The monoisotopic (exact) mass is 294 g/mol. The van der Waals surface area contributed by atoms with E-state index >= 15 is 0 Å². The molecule has 0 radical (unpaired) electrons. The summed E-state index contributed by atoms with van der Waals surface area (Å²) in [5, 5.41) is 12.7. The largest absolute Gasteiger partial charge is 0.506 e. The quantitative estimate of drug-likeness (QED) is 0.560. The van der Waals surface area contributed by atoms with Crippen LogP contribution in [-0.2, 0) is 0 Å². The van der Waals surface area contributed by atoms with Gasteiger partial charge in [-0.2, -0.15) is 0 Å². The van der Waals surface area contributed by atoms with Crippen LogP contribution in [0, 0.1) is 0 Å². The Labute approximate surface area is 126 Å². The van der Waals surface area contributed by atoms with Crippen LogP contribution in [0.4, 0.5) is 0 Å². The van der Waals surface area contributed by atoms with E-state index in [1.165, 1.54) is 0 Å². The first-order chi connectivity index (χ1) is 10.2. The number of phenols is 1. The highest BCUT2D eigenvalue weighted by Crippen LogP contribution is 2.33. The van der Waals surface area contributed by atoms with Crippen LogP contribution in [0.3, 0.4) is 0 Å². The molecule has 21 heavy (non-hydrogen) atoms. The van der Waals surface area contributed by atoms with Crippen molar-refractivity contribution >= 4 is 33.4 Å². The Hall–Kier alpha value is -2.52. The number of para-hydroxylation sites is 2. The number of benzene rings is 3. The van der Waals surface area contributed by atoms with Gasteiger partial charge < -0.3 is 5.11 Å². The zero-order valence-electron chi connectivity index (χ0n) is 11.0. The van der Waals surface area contributed by atoms with E-state index in [0.717, 1.165) is 21.8 Å². The van der Waals surface area contributed by atoms with Crippen molar-refractivity contribution in [3.8, 4) is 11.4 Å². The normalized spacial score (nSPS) is 11.3. The van der Waals surface area contributed by atoms with Crippen molar-refractivity contribution in [2.75, 3.05) is 0 Å². The maximum absolute atomic E-state index is 10.4. The minimum atomic E-state index is 0.179. The third-order valence-electron chi connectivity index (χ3n) is 3.60. The van der Waals surface area contributed by atoms with Crippen LogP contribution in [0.5, 0.6) is 5.75 Å². The zero-order valence-corrected chi connectivity index (χ0v) is 11.7. The molecule has 0 saturated heterocycles. The Balaban J connectivity index is 2.08. The number of nitrogens with zero attached hydrogens (tertiary/aromatic N) is 2. The number of aromatic nitrogens is 2. The molecule has 3 aromatic carbocycles. The van der Waals surface area contributed by atoms with Gasteiger partial charge in [-0.25, -0.2) is 4.98 Å². The molecule has 1 N–H and O–H groups in total. The van der Waals surface area contributed by atoms with Gasteiger partial charge in [0.05, 0.1) is 16.7 Å². The number of aromatic hydroxyl groups is 1. The molecule has 0 amide bonds. The van der Waals surface area contributed by atoms with Crippen molar-refractivity contribution in [1.29, 1.82) is 0 Å². The van der Waals surface area contributed by atoms with Gasteiger partial charge in [-0.1, -0.05) is 36.4 Å². The van der Waals surface area contributed by atoms with E-state index in [-0.39, 0.29) is 5.75 Å². The molecule has 0 aliphatic heterocycles. The fourth-order valence-corrected chi connectivity index (χ4v) is 2.89. The number of hydrogen-bond acceptors (Lipinski definition) is 2. The van der Waals surface area contributed by atoms with Crippen LogP contribution >= 0.6 is 11.6 Å². The number of rotatable bonds is 1. The standard InChI is InChI=1S/C17H11ClN2O/c18-17-19-13-7-3-4-8-14(13)20(17)15-9-11-5-1-2-6-12(11)10-16(15)21/h1-10,21H. The van der Waals surface area contributed by atoms with Gasteiger partial charge >= 0.3 is 0 Å². The van der Waals surface area contributed by atoms with Crippen molar-refractivity contribution < 1.29 is 5.11 Å². The van der Waals surface area contributed by atoms with E-state index in [0.29, 0.717) is 11.0 Å². The predicted molar refractivity (Wildman–Crippen MR) is 85.3 cm³/mol. The molecule has 0 fully saturated rings. The Bertz CT molecular complexity index is 975. The summed E-state index contributed by atoms with van der Waals surface area (Å²) in [6, 6.07) is 19.2. The molecule has 3 nitrogen and oxygen atoms in total. The average molecular weight is 295 g/mol. The minimum absolute atomic E-state index is 0.179. The van der Waals surface area contributed by atoms with E-state index in [9.17, 15) is 5.11 Å². The van der Waals surface area contributed by atoms with E-state index in [4.69, 9.17) is 11.6 Å². The zero-order chi connectivity index (χ0) is 14.4. The molecule has 0 unspecified atom stereocenters. The Morgan fingerprint density at radius 3 is 2.38 bits per heavy atom. The molecule has 0 bridgehead atoms. The molecule has 0 saturated carbocycles. The van der Waals surface area contributed by atoms with E-state index in [1.807, 2.05) is 54.6 Å². The van der Waals surface area contributed by atoms with E-state index in [2.05, 4.69) is 4.98 Å². The summed E-state index contributed by atoms with van der Waals surface area (Å²) in [5.41, 5.74) is 2.30. The fourth-order valence-electron chi connectivity index (χ4n) is 2.62. The van der Waals surface area contributed by atoms with Gasteiger partial charge in [-0.05, 0) is 46.6 Å². The molecule has 4 aromatic rings. The highest BCUT2D eigenvalue weighted by atomic mass is 35.5. The van der Waals surface area contributed by atoms with Gasteiger partial charge in [-0.15, -0.1) is 0 Å². The Kier molecular flexibility index (Phi) is 2.62. The van der Waals surface area contributed by atoms with Gasteiger partial charge in [0.1, 0.15) is 5.75 Å². The number of fused-ring (bicyclic) bond motifs is 2. The van der Waals surface area contributed by atoms with Crippen LogP contribution in [0.2, 0.25) is 5.28 Å². The molecule has 0 spiro atoms. The maximum atomic E-state index is 10.4. The predicted octanol–water partition coefficient (Wildman–Crippen LogP) is 4.54. The van der Waals surface area contributed by atoms with Gasteiger partial charge in [0.2, 0.25) is 5.28 Å². The van der Waals surface area contributed by atoms with Crippen molar-refractivity contribution in [3.05, 3.63) is 65.9 Å². The number of imidazole rings is 1. The first kappa shape index (κ1) is 12.2. The molecular weight excluding hydrogens is 284 g/mol. The molecule has 1 heterocycles. The molecule has 0 aliphatic rings. The topological polar surface area (TPSA) is 38.0 Å². The Morgan fingerprint density at radius 1 is 0.905 bits per heavy atom. The number of halogens is 1. The van der Waals surface area contributed by atoms with E-state index in [1.54, 1.807) is 10.6 Å². The number of phenolic OH excluding ortho intramolecular Hbond substituents is 1. The van der Waals surface area contributed by atoms with Crippen LogP contribution in [-0.4, -0.2) is 14.7 Å². The summed E-state index contributed by atoms with van der Waals surface area (Å²) in [6.45, 7) is 0. The molecule has 0 atom stereocenters. The van der Waals surface area contributed by atoms with Crippen LogP contribution in [0.15, 0.2) is 60.7 Å². The second-order valence-electron chi connectivity index (χ2n) is 4.89. The summed E-state index contributed by atoms with van der Waals surface area (Å²) in [4.78, 5) is 4.33. The lowest BCUT2D eigenvalue weighted by Gasteiger charge is -2.10. The second-order valence-corrected chi connectivity index (χ2v) is 5.23. The lowest BCUT2D eigenvalue weighted by molar-refractivity contribution is 0.473. The molecule has 4 rings (SSSR count). The second kappa shape index (κ2) is 4.50. The third kappa shape index (κ3) is 1.86. The number of hydrogen-bond donors (Lipinski definition) is 1.